The predicted octanol–water partition coefficient (Wildman–Crippen LogP) is 1.97. The third kappa shape index (κ3) is 6.06. The van der Waals surface area contributed by atoms with Gasteiger partial charge in [0, 0.05) is 45.0 Å². The monoisotopic (exact) mass is 539 g/mol. The van der Waals surface area contributed by atoms with Gasteiger partial charge in [0.1, 0.15) is 16.0 Å². The number of hydrogen-bond donors (Lipinski definition) is 1. The quantitative estimate of drug-likeness (QED) is 0.526. The number of halogens is 1. The van der Waals surface area contributed by atoms with Gasteiger partial charge in [-0.3, -0.25) is 9.48 Å². The molecular weight excluding hydrogens is 510 g/mol. The molecule has 36 heavy (non-hydrogen) atoms. The first-order valence-electron chi connectivity index (χ1n) is 11.9. The molecule has 2 fully saturated rings. The van der Waals surface area contributed by atoms with Crippen LogP contribution in [0.2, 0.25) is 5.02 Å². The Morgan fingerprint density at radius 1 is 1.25 bits per heavy atom. The largest absolute Gasteiger partial charge is 0.444 e. The lowest BCUT2D eigenvalue weighted by Gasteiger charge is -2.27. The lowest BCUT2D eigenvalue weighted by molar-refractivity contribution is 0.102. The van der Waals surface area contributed by atoms with Crippen LogP contribution in [0.3, 0.4) is 0 Å². The zero-order valence-corrected chi connectivity index (χ0v) is 21.8. The number of rotatable bonds is 7. The van der Waals surface area contributed by atoms with Gasteiger partial charge in [-0.1, -0.05) is 11.6 Å². The van der Waals surface area contributed by atoms with Gasteiger partial charge in [-0.15, -0.1) is 0 Å². The Morgan fingerprint density at radius 3 is 2.69 bits per heavy atom. The molecule has 2 aromatic heterocycles. The summed E-state index contributed by atoms with van der Waals surface area (Å²) in [6.07, 6.45) is 8.44. The molecule has 14 heteroatoms. The fourth-order valence-corrected chi connectivity index (χ4v) is 5.59. The van der Waals surface area contributed by atoms with Gasteiger partial charge in [-0.25, -0.2) is 9.48 Å². The van der Waals surface area contributed by atoms with Crippen LogP contribution >= 0.6 is 11.6 Å². The van der Waals surface area contributed by atoms with Crippen molar-refractivity contribution in [3.8, 4) is 0 Å². The summed E-state index contributed by atoms with van der Waals surface area (Å²) >= 11 is 6.18. The number of anilines is 1. The van der Waals surface area contributed by atoms with Crippen LogP contribution in [0.1, 0.15) is 39.0 Å². The Hall–Kier alpha value is -2.93. The lowest BCUT2D eigenvalue weighted by atomic mass is 9.87. The predicted molar refractivity (Wildman–Crippen MR) is 134 cm³/mol. The molecule has 2 aromatic rings. The Labute approximate surface area is 214 Å². The second-order valence-electron chi connectivity index (χ2n) is 9.05. The van der Waals surface area contributed by atoms with Gasteiger partial charge < -0.3 is 15.0 Å². The zero-order chi connectivity index (χ0) is 25.9. The van der Waals surface area contributed by atoms with Crippen LogP contribution in [0.4, 0.5) is 10.5 Å². The molecule has 1 saturated carbocycles. The van der Waals surface area contributed by atoms with Gasteiger partial charge in [0.25, 0.3) is 15.6 Å². The normalized spacial score (nSPS) is 22.8. The first-order chi connectivity index (χ1) is 17.2. The van der Waals surface area contributed by atoms with E-state index in [-0.39, 0.29) is 33.5 Å². The SMILES string of the molecule is CCn1cc(S(=O)(=O)/N=C/C2CCC(NC(=O)O[C@@H]3CCN(c4cnn(C)c(=O)c4Cl)C3)CC2)cn1. The number of carbonyl (C=O) groups is 1. The van der Waals surface area contributed by atoms with Crippen LogP contribution in [0, 0.1) is 5.92 Å². The number of alkyl carbamates (subject to hydrolysis) is 1. The lowest BCUT2D eigenvalue weighted by Crippen LogP contribution is -2.40. The summed E-state index contributed by atoms with van der Waals surface area (Å²) in [6, 6.07) is -0.0464. The van der Waals surface area contributed by atoms with Gasteiger partial charge in [0.15, 0.2) is 0 Å². The van der Waals surface area contributed by atoms with Crippen LogP contribution in [-0.2, 0) is 28.4 Å². The summed E-state index contributed by atoms with van der Waals surface area (Å²) in [5.74, 6) is 0.0235. The second-order valence-corrected chi connectivity index (χ2v) is 11.1. The van der Waals surface area contributed by atoms with E-state index in [0.29, 0.717) is 57.4 Å². The van der Waals surface area contributed by atoms with Crippen LogP contribution in [0.25, 0.3) is 0 Å². The van der Waals surface area contributed by atoms with Gasteiger partial charge in [-0.05, 0) is 38.5 Å². The molecule has 12 nitrogen and oxygen atoms in total. The number of ether oxygens (including phenoxy) is 1. The highest BCUT2D eigenvalue weighted by Crippen LogP contribution is 2.27. The van der Waals surface area contributed by atoms with E-state index in [2.05, 4.69) is 19.9 Å². The van der Waals surface area contributed by atoms with Crippen molar-refractivity contribution in [1.82, 2.24) is 24.9 Å². The maximum atomic E-state index is 12.4. The molecule has 1 amide bonds. The number of aryl methyl sites for hydroxylation is 2. The maximum Gasteiger partial charge on any atom is 0.407 e. The molecule has 0 spiro atoms. The van der Waals surface area contributed by atoms with E-state index in [4.69, 9.17) is 16.3 Å². The molecule has 0 unspecified atom stereocenters. The number of amides is 1. The highest BCUT2D eigenvalue weighted by molar-refractivity contribution is 7.90. The molecule has 1 aliphatic carbocycles. The van der Waals surface area contributed by atoms with E-state index in [1.165, 1.54) is 41.2 Å². The number of hydrogen-bond acceptors (Lipinski definition) is 8. The van der Waals surface area contributed by atoms with Crippen molar-refractivity contribution in [2.45, 2.75) is 62.6 Å². The molecule has 1 aliphatic heterocycles. The van der Waals surface area contributed by atoms with Gasteiger partial charge in [0.05, 0.1) is 24.6 Å². The van der Waals surface area contributed by atoms with E-state index in [0.717, 1.165) is 0 Å². The average molecular weight is 540 g/mol. The Balaban J connectivity index is 1.22. The van der Waals surface area contributed by atoms with Gasteiger partial charge in [0.2, 0.25) is 0 Å². The zero-order valence-electron chi connectivity index (χ0n) is 20.2. The molecule has 3 heterocycles. The Morgan fingerprint density at radius 2 is 2.00 bits per heavy atom. The van der Waals surface area contributed by atoms with Gasteiger partial charge in [-0.2, -0.15) is 23.0 Å². The highest BCUT2D eigenvalue weighted by Gasteiger charge is 2.29. The first-order valence-corrected chi connectivity index (χ1v) is 13.7. The van der Waals surface area contributed by atoms with Crippen molar-refractivity contribution in [3.63, 3.8) is 0 Å². The summed E-state index contributed by atoms with van der Waals surface area (Å²) < 4.78 is 36.9. The number of nitrogens with zero attached hydrogens (tertiary/aromatic N) is 6. The number of aromatic nitrogens is 4. The maximum absolute atomic E-state index is 12.4. The Kier molecular flexibility index (Phi) is 7.98. The average Bonchev–Trinajstić information content (AvgIpc) is 3.52. The van der Waals surface area contributed by atoms with Crippen molar-refractivity contribution < 1.29 is 17.9 Å². The minimum absolute atomic E-state index is 0.0235. The van der Waals surface area contributed by atoms with Crippen molar-refractivity contribution in [1.29, 1.82) is 0 Å². The van der Waals surface area contributed by atoms with E-state index in [1.54, 1.807) is 0 Å². The van der Waals surface area contributed by atoms with E-state index in [9.17, 15) is 18.0 Å². The molecule has 1 atom stereocenters. The fourth-order valence-electron chi connectivity index (χ4n) is 4.41. The molecule has 196 valence electrons. The molecule has 4 rings (SSSR count). The highest BCUT2D eigenvalue weighted by atomic mass is 35.5. The van der Waals surface area contributed by atoms with Crippen molar-refractivity contribution in [2.24, 2.45) is 17.4 Å². The summed E-state index contributed by atoms with van der Waals surface area (Å²) in [4.78, 5) is 26.4. The second kappa shape index (κ2) is 11.0. The molecule has 1 saturated heterocycles. The third-order valence-corrected chi connectivity index (χ3v) is 8.12. The summed E-state index contributed by atoms with van der Waals surface area (Å²) in [7, 11) is -2.23. The number of carbonyl (C=O) groups excluding carboxylic acids is 1. The van der Waals surface area contributed by atoms with E-state index >= 15 is 0 Å². The topological polar surface area (TPSA) is 141 Å². The summed E-state index contributed by atoms with van der Waals surface area (Å²) in [6.45, 7) is 3.48. The molecule has 1 N–H and O–H groups in total. The summed E-state index contributed by atoms with van der Waals surface area (Å²) in [5, 5.41) is 11.0. The minimum Gasteiger partial charge on any atom is -0.444 e. The molecule has 2 aliphatic rings. The van der Waals surface area contributed by atoms with Crippen molar-refractivity contribution in [2.75, 3.05) is 18.0 Å². The molecule has 0 bridgehead atoms. The van der Waals surface area contributed by atoms with E-state index in [1.807, 2.05) is 11.8 Å². The molecular formula is C22H30ClN7O5S. The Bertz CT molecular complexity index is 1280. The first kappa shape index (κ1) is 26.1. The number of sulfonamides is 1. The van der Waals surface area contributed by atoms with Crippen molar-refractivity contribution >= 4 is 39.6 Å². The van der Waals surface area contributed by atoms with Crippen molar-refractivity contribution in [3.05, 3.63) is 34.0 Å². The minimum atomic E-state index is -3.77. The van der Waals surface area contributed by atoms with Crippen LogP contribution in [-0.4, -0.2) is 65.5 Å². The smallest absolute Gasteiger partial charge is 0.407 e. The third-order valence-electron chi connectivity index (χ3n) is 6.55. The van der Waals surface area contributed by atoms with Crippen LogP contribution in [0.5, 0.6) is 0 Å². The van der Waals surface area contributed by atoms with Gasteiger partial charge >= 0.3 is 6.09 Å². The van der Waals surface area contributed by atoms with Crippen LogP contribution < -0.4 is 15.8 Å². The van der Waals surface area contributed by atoms with E-state index < -0.39 is 16.1 Å². The molecule has 0 radical (unpaired) electrons. The summed E-state index contributed by atoms with van der Waals surface area (Å²) in [5.41, 5.74) is 0.162. The fraction of sp³-hybridized carbons (Fsp3) is 0.591. The van der Waals surface area contributed by atoms with Crippen LogP contribution in [0.15, 0.2) is 32.7 Å². The number of nitrogens with one attached hydrogen (secondary N) is 1. The molecule has 0 aromatic carbocycles. The standard InChI is InChI=1S/C22H30ClN7O5S/c1-3-30-14-18(11-25-30)36(33,34)26-10-15-4-6-16(7-5-15)27-22(32)35-17-8-9-29(13-17)19-12-24-28(2)21(31)20(19)23/h10-12,14-17H,3-9,13H2,1-2H3,(H,27,32)/b26-10+/t15?,16?,17-/m1/s1.